The summed E-state index contributed by atoms with van der Waals surface area (Å²) in [4.78, 5) is 24.4. The number of carbonyl (C=O) groups is 1. The lowest BCUT2D eigenvalue weighted by Crippen LogP contribution is -2.48. The molecule has 7 heteroatoms. The largest absolute Gasteiger partial charge is 0.345 e. The van der Waals surface area contributed by atoms with Gasteiger partial charge in [0, 0.05) is 41.5 Å². The molecule has 0 N–H and O–H groups in total. The van der Waals surface area contributed by atoms with Gasteiger partial charge in [0.05, 0.1) is 10.2 Å². The van der Waals surface area contributed by atoms with Crippen molar-refractivity contribution in [3.05, 3.63) is 48.0 Å². The number of amides is 1. The van der Waals surface area contributed by atoms with E-state index in [1.54, 1.807) is 34.9 Å². The Morgan fingerprint density at radius 1 is 1.11 bits per heavy atom. The third-order valence-corrected chi connectivity index (χ3v) is 7.59. The smallest absolute Gasteiger partial charge is 0.253 e. The van der Waals surface area contributed by atoms with Crippen LogP contribution in [0.5, 0.6) is 0 Å². The van der Waals surface area contributed by atoms with Crippen LogP contribution in [0.25, 0.3) is 10.2 Å². The van der Waals surface area contributed by atoms with E-state index in [0.717, 1.165) is 48.1 Å². The number of hydrogen-bond donors (Lipinski definition) is 0. The monoisotopic (exact) mass is 429 g/mol. The summed E-state index contributed by atoms with van der Waals surface area (Å²) in [7, 11) is 0. The van der Waals surface area contributed by atoms with E-state index >= 15 is 0 Å². The maximum absolute atomic E-state index is 12.8. The summed E-state index contributed by atoms with van der Waals surface area (Å²) in [6, 6.07) is 14.3. The Balaban J connectivity index is 1.42. The second-order valence-corrected chi connectivity index (χ2v) is 9.73. The van der Waals surface area contributed by atoms with Gasteiger partial charge in [-0.15, -0.1) is 23.5 Å². The van der Waals surface area contributed by atoms with Crippen LogP contribution >= 0.6 is 34.9 Å². The molecule has 0 radical (unpaired) electrons. The van der Waals surface area contributed by atoms with Crippen molar-refractivity contribution in [3.8, 4) is 0 Å². The van der Waals surface area contributed by atoms with E-state index in [2.05, 4.69) is 36.3 Å². The highest BCUT2D eigenvalue weighted by Crippen LogP contribution is 2.34. The molecule has 1 aliphatic rings. The van der Waals surface area contributed by atoms with Crippen molar-refractivity contribution in [2.24, 2.45) is 0 Å². The number of para-hydroxylation sites is 1. The molecule has 1 amide bonds. The zero-order valence-electron chi connectivity index (χ0n) is 16.1. The second kappa shape index (κ2) is 8.76. The summed E-state index contributed by atoms with van der Waals surface area (Å²) < 4.78 is 1.23. The van der Waals surface area contributed by atoms with Crippen molar-refractivity contribution in [2.75, 3.05) is 43.1 Å². The maximum Gasteiger partial charge on any atom is 0.253 e. The summed E-state index contributed by atoms with van der Waals surface area (Å²) in [5.41, 5.74) is 1.87. The van der Waals surface area contributed by atoms with Gasteiger partial charge in [-0.25, -0.2) is 4.98 Å². The highest BCUT2D eigenvalue weighted by molar-refractivity contribution is 7.99. The normalized spacial score (nSPS) is 14.6. The number of nitrogens with zero attached hydrogens (tertiary/aromatic N) is 3. The molecular weight excluding hydrogens is 406 g/mol. The lowest BCUT2D eigenvalue weighted by atomic mass is 10.2. The minimum atomic E-state index is 0.127. The summed E-state index contributed by atoms with van der Waals surface area (Å²) in [6.45, 7) is 5.25. The summed E-state index contributed by atoms with van der Waals surface area (Å²) in [5.74, 6) is 1.17. The minimum absolute atomic E-state index is 0.127. The molecule has 1 saturated heterocycles. The Morgan fingerprint density at radius 2 is 1.86 bits per heavy atom. The van der Waals surface area contributed by atoms with Gasteiger partial charge in [0.15, 0.2) is 5.13 Å². The number of carbonyl (C=O) groups excluding carboxylic acids is 1. The fraction of sp³-hybridized carbons (Fsp3) is 0.333. The van der Waals surface area contributed by atoms with E-state index in [4.69, 9.17) is 4.98 Å². The Hall–Kier alpha value is -1.70. The zero-order valence-corrected chi connectivity index (χ0v) is 18.5. The fourth-order valence-corrected chi connectivity index (χ4v) is 5.69. The molecule has 0 unspecified atom stereocenters. The van der Waals surface area contributed by atoms with E-state index in [9.17, 15) is 4.79 Å². The van der Waals surface area contributed by atoms with Crippen molar-refractivity contribution >= 4 is 56.1 Å². The van der Waals surface area contributed by atoms with Gasteiger partial charge < -0.3 is 9.80 Å². The van der Waals surface area contributed by atoms with Crippen molar-refractivity contribution in [2.45, 2.75) is 16.7 Å². The number of benzene rings is 2. The topological polar surface area (TPSA) is 36.4 Å². The predicted molar refractivity (Wildman–Crippen MR) is 122 cm³/mol. The van der Waals surface area contributed by atoms with Gasteiger partial charge in [-0.05, 0) is 48.4 Å². The number of piperazine rings is 1. The molecule has 3 aromatic rings. The molecule has 0 bridgehead atoms. The number of anilines is 1. The van der Waals surface area contributed by atoms with Gasteiger partial charge in [-0.1, -0.05) is 24.3 Å². The van der Waals surface area contributed by atoms with Crippen LogP contribution in [-0.2, 0) is 0 Å². The number of thiazole rings is 1. The van der Waals surface area contributed by atoms with Crippen LogP contribution < -0.4 is 4.90 Å². The molecule has 2 aromatic carbocycles. The Morgan fingerprint density at radius 3 is 2.54 bits per heavy atom. The molecule has 0 atom stereocenters. The average molecular weight is 430 g/mol. The van der Waals surface area contributed by atoms with Crippen molar-refractivity contribution < 1.29 is 4.79 Å². The molecule has 28 heavy (non-hydrogen) atoms. The number of fused-ring (bicyclic) bond motifs is 1. The molecule has 4 nitrogen and oxygen atoms in total. The van der Waals surface area contributed by atoms with Crippen LogP contribution in [0.4, 0.5) is 5.13 Å². The van der Waals surface area contributed by atoms with Crippen LogP contribution in [0.1, 0.15) is 17.3 Å². The first kappa shape index (κ1) is 19.6. The maximum atomic E-state index is 12.8. The van der Waals surface area contributed by atoms with Crippen LogP contribution in [0, 0.1) is 0 Å². The Kier molecular flexibility index (Phi) is 6.13. The molecule has 1 fully saturated rings. The molecule has 0 spiro atoms. The molecule has 1 aromatic heterocycles. The molecule has 4 rings (SSSR count). The first-order valence-electron chi connectivity index (χ1n) is 9.40. The molecule has 0 saturated carbocycles. The molecular formula is C21H23N3OS3. The van der Waals surface area contributed by atoms with Crippen molar-refractivity contribution in [1.29, 1.82) is 0 Å². The first-order chi connectivity index (χ1) is 13.7. The lowest BCUT2D eigenvalue weighted by Gasteiger charge is -2.34. The fourth-order valence-electron chi connectivity index (χ4n) is 3.36. The van der Waals surface area contributed by atoms with Crippen LogP contribution in [-0.4, -0.2) is 54.0 Å². The van der Waals surface area contributed by atoms with Crippen LogP contribution in [0.3, 0.4) is 0 Å². The van der Waals surface area contributed by atoms with E-state index in [1.807, 2.05) is 29.2 Å². The average Bonchev–Trinajstić information content (AvgIpc) is 3.18. The standard InChI is InChI=1S/C21H23N3OS3/c1-3-27-16-9-7-15(8-10-16)20(25)23-11-13-24(14-12-23)21-22-19-17(26-2)5-4-6-18(19)28-21/h4-10H,3,11-14H2,1-2H3. The van der Waals surface area contributed by atoms with Gasteiger partial charge in [-0.2, -0.15) is 0 Å². The van der Waals surface area contributed by atoms with Crippen LogP contribution in [0.2, 0.25) is 0 Å². The van der Waals surface area contributed by atoms with E-state index in [0.29, 0.717) is 0 Å². The summed E-state index contributed by atoms with van der Waals surface area (Å²) >= 11 is 5.27. The van der Waals surface area contributed by atoms with Gasteiger partial charge in [-0.3, -0.25) is 4.79 Å². The third kappa shape index (κ3) is 4.02. The highest BCUT2D eigenvalue weighted by atomic mass is 32.2. The SMILES string of the molecule is CCSc1ccc(C(=O)N2CCN(c3nc4c(SC)cccc4s3)CC2)cc1. The quantitative estimate of drug-likeness (QED) is 0.528. The van der Waals surface area contributed by atoms with E-state index in [-0.39, 0.29) is 5.91 Å². The Labute approximate surface area is 178 Å². The van der Waals surface area contributed by atoms with Gasteiger partial charge in [0.25, 0.3) is 5.91 Å². The van der Waals surface area contributed by atoms with E-state index in [1.165, 1.54) is 14.5 Å². The predicted octanol–water partition coefficient (Wildman–Crippen LogP) is 5.09. The zero-order chi connectivity index (χ0) is 19.5. The second-order valence-electron chi connectivity index (χ2n) is 6.54. The number of thioether (sulfide) groups is 2. The third-order valence-electron chi connectivity index (χ3n) is 4.84. The number of rotatable bonds is 5. The summed E-state index contributed by atoms with van der Waals surface area (Å²) in [6.07, 6.45) is 2.09. The van der Waals surface area contributed by atoms with Crippen molar-refractivity contribution in [1.82, 2.24) is 9.88 Å². The van der Waals surface area contributed by atoms with Gasteiger partial charge in [0.2, 0.25) is 0 Å². The first-order valence-corrected chi connectivity index (χ1v) is 12.4. The van der Waals surface area contributed by atoms with Gasteiger partial charge in [0.1, 0.15) is 0 Å². The molecule has 2 heterocycles. The van der Waals surface area contributed by atoms with E-state index < -0.39 is 0 Å². The molecule has 1 aliphatic heterocycles. The lowest BCUT2D eigenvalue weighted by molar-refractivity contribution is 0.0746. The van der Waals surface area contributed by atoms with Crippen molar-refractivity contribution in [3.63, 3.8) is 0 Å². The minimum Gasteiger partial charge on any atom is -0.345 e. The summed E-state index contributed by atoms with van der Waals surface area (Å²) in [5, 5.41) is 1.06. The molecule has 146 valence electrons. The number of aromatic nitrogens is 1. The molecule has 0 aliphatic carbocycles. The van der Waals surface area contributed by atoms with Crippen LogP contribution in [0.15, 0.2) is 52.3 Å². The van der Waals surface area contributed by atoms with Gasteiger partial charge >= 0.3 is 0 Å². The highest BCUT2D eigenvalue weighted by Gasteiger charge is 2.24. The Bertz CT molecular complexity index is 963. The number of hydrogen-bond acceptors (Lipinski definition) is 6.